The highest BCUT2D eigenvalue weighted by molar-refractivity contribution is 5.84. The molecule has 122 valence electrons. The lowest BCUT2D eigenvalue weighted by Gasteiger charge is -2.19. The Morgan fingerprint density at radius 1 is 1.23 bits per heavy atom. The molecule has 0 spiro atoms. The first kappa shape index (κ1) is 15.3. The predicted molar refractivity (Wildman–Crippen MR) is 70.8 cm³/mol. The second-order valence-corrected chi connectivity index (χ2v) is 5.74. The monoisotopic (exact) mass is 317 g/mol. The zero-order valence-corrected chi connectivity index (χ0v) is 12.1. The standard InChI is InChI=1S/C13H18F3N5O/c14-13(15,16)8-20-6-4-9(12(20)22)17-7-11-19-18-10-3-1-2-5-21(10)11/h9,17H,1-8H2. The summed E-state index contributed by atoms with van der Waals surface area (Å²) in [6, 6.07) is -0.570. The minimum atomic E-state index is -4.35. The molecule has 1 unspecified atom stereocenters. The Kier molecular flexibility index (Phi) is 4.07. The largest absolute Gasteiger partial charge is 0.406 e. The molecule has 2 aliphatic rings. The first-order chi connectivity index (χ1) is 10.4. The number of alkyl halides is 3. The molecule has 6 nitrogen and oxygen atoms in total. The summed E-state index contributed by atoms with van der Waals surface area (Å²) in [5, 5.41) is 11.2. The van der Waals surface area contributed by atoms with Gasteiger partial charge in [0.25, 0.3) is 0 Å². The van der Waals surface area contributed by atoms with E-state index in [1.54, 1.807) is 0 Å². The summed E-state index contributed by atoms with van der Waals surface area (Å²) in [6.45, 7) is 0.166. The Labute approximate surface area is 125 Å². The van der Waals surface area contributed by atoms with E-state index in [4.69, 9.17) is 0 Å². The average molecular weight is 317 g/mol. The van der Waals surface area contributed by atoms with E-state index in [2.05, 4.69) is 15.5 Å². The van der Waals surface area contributed by atoms with Gasteiger partial charge in [0.15, 0.2) is 0 Å². The number of amides is 1. The van der Waals surface area contributed by atoms with Gasteiger partial charge in [0.05, 0.1) is 12.6 Å². The van der Waals surface area contributed by atoms with E-state index in [-0.39, 0.29) is 6.54 Å². The molecule has 0 aromatic carbocycles. The molecular formula is C13H18F3N5O. The molecule has 3 rings (SSSR count). The van der Waals surface area contributed by atoms with Crippen LogP contribution in [0.4, 0.5) is 13.2 Å². The number of halogens is 3. The Balaban J connectivity index is 1.56. The predicted octanol–water partition coefficient (Wildman–Crippen LogP) is 0.867. The van der Waals surface area contributed by atoms with Crippen molar-refractivity contribution in [3.63, 3.8) is 0 Å². The van der Waals surface area contributed by atoms with E-state index >= 15 is 0 Å². The molecule has 0 radical (unpaired) electrons. The maximum atomic E-state index is 12.4. The van der Waals surface area contributed by atoms with Crippen molar-refractivity contribution >= 4 is 5.91 Å². The van der Waals surface area contributed by atoms with Crippen molar-refractivity contribution in [3.05, 3.63) is 11.6 Å². The third kappa shape index (κ3) is 3.23. The van der Waals surface area contributed by atoms with Crippen LogP contribution in [0.5, 0.6) is 0 Å². The van der Waals surface area contributed by atoms with Gasteiger partial charge in [-0.05, 0) is 19.3 Å². The van der Waals surface area contributed by atoms with Crippen molar-refractivity contribution in [3.8, 4) is 0 Å². The molecule has 9 heteroatoms. The SMILES string of the molecule is O=C1C(NCc2nnc3n2CCCC3)CCN1CC(F)(F)F. The number of hydrogen-bond acceptors (Lipinski definition) is 4. The molecule has 2 aliphatic heterocycles. The van der Waals surface area contributed by atoms with E-state index in [1.165, 1.54) is 0 Å². The molecule has 0 aliphatic carbocycles. The minimum Gasteiger partial charge on any atom is -0.332 e. The number of rotatable bonds is 4. The summed E-state index contributed by atoms with van der Waals surface area (Å²) < 4.78 is 39.1. The van der Waals surface area contributed by atoms with Crippen LogP contribution in [-0.2, 0) is 24.3 Å². The second-order valence-electron chi connectivity index (χ2n) is 5.74. The highest BCUT2D eigenvalue weighted by atomic mass is 19.4. The van der Waals surface area contributed by atoms with Crippen molar-refractivity contribution in [2.24, 2.45) is 0 Å². The van der Waals surface area contributed by atoms with Crippen LogP contribution >= 0.6 is 0 Å². The van der Waals surface area contributed by atoms with Gasteiger partial charge in [-0.2, -0.15) is 13.2 Å². The van der Waals surface area contributed by atoms with Crippen LogP contribution in [0.15, 0.2) is 0 Å². The quantitative estimate of drug-likeness (QED) is 0.895. The van der Waals surface area contributed by atoms with Gasteiger partial charge in [-0.1, -0.05) is 0 Å². The zero-order valence-electron chi connectivity index (χ0n) is 12.1. The fraction of sp³-hybridized carbons (Fsp3) is 0.769. The number of aromatic nitrogens is 3. The van der Waals surface area contributed by atoms with E-state index < -0.39 is 24.7 Å². The van der Waals surface area contributed by atoms with E-state index in [0.29, 0.717) is 13.0 Å². The molecule has 1 aromatic rings. The summed E-state index contributed by atoms with van der Waals surface area (Å²) in [6.07, 6.45) is -0.903. The number of aryl methyl sites for hydroxylation is 1. The lowest BCUT2D eigenvalue weighted by molar-refractivity contribution is -0.158. The molecule has 0 bridgehead atoms. The number of likely N-dealkylation sites (tertiary alicyclic amines) is 1. The maximum Gasteiger partial charge on any atom is 0.406 e. The van der Waals surface area contributed by atoms with E-state index in [9.17, 15) is 18.0 Å². The molecule has 3 heterocycles. The number of carbonyl (C=O) groups excluding carboxylic acids is 1. The Hall–Kier alpha value is -1.64. The van der Waals surface area contributed by atoms with Gasteiger partial charge in [0.1, 0.15) is 18.2 Å². The third-order valence-corrected chi connectivity index (χ3v) is 4.11. The molecule has 1 fully saturated rings. The topological polar surface area (TPSA) is 63.1 Å². The van der Waals surface area contributed by atoms with Crippen LogP contribution in [0.3, 0.4) is 0 Å². The van der Waals surface area contributed by atoms with Crippen LogP contribution in [0.25, 0.3) is 0 Å². The summed E-state index contributed by atoms with van der Waals surface area (Å²) in [4.78, 5) is 12.8. The van der Waals surface area contributed by atoms with Gasteiger partial charge < -0.3 is 9.47 Å². The second kappa shape index (κ2) is 5.86. The third-order valence-electron chi connectivity index (χ3n) is 4.11. The van der Waals surface area contributed by atoms with Crippen molar-refractivity contribution in [1.29, 1.82) is 0 Å². The van der Waals surface area contributed by atoms with Crippen LogP contribution in [0.2, 0.25) is 0 Å². The summed E-state index contributed by atoms with van der Waals surface area (Å²) >= 11 is 0. The number of fused-ring (bicyclic) bond motifs is 1. The highest BCUT2D eigenvalue weighted by Crippen LogP contribution is 2.21. The van der Waals surface area contributed by atoms with Crippen LogP contribution in [-0.4, -0.2) is 50.9 Å². The fourth-order valence-electron chi connectivity index (χ4n) is 3.02. The smallest absolute Gasteiger partial charge is 0.332 e. The fourth-order valence-corrected chi connectivity index (χ4v) is 3.02. The Morgan fingerprint density at radius 3 is 2.82 bits per heavy atom. The first-order valence-electron chi connectivity index (χ1n) is 7.44. The molecule has 1 aromatic heterocycles. The summed E-state index contributed by atoms with van der Waals surface area (Å²) in [5.41, 5.74) is 0. The molecule has 0 saturated carbocycles. The molecule has 1 N–H and O–H groups in total. The van der Waals surface area contributed by atoms with E-state index in [1.807, 2.05) is 4.57 Å². The molecule has 1 saturated heterocycles. The lowest BCUT2D eigenvalue weighted by atomic mass is 10.1. The number of nitrogens with zero attached hydrogens (tertiary/aromatic N) is 4. The van der Waals surface area contributed by atoms with Crippen LogP contribution in [0.1, 0.15) is 30.9 Å². The normalized spacial score (nSPS) is 22.2. The van der Waals surface area contributed by atoms with Crippen molar-refractivity contribution in [2.75, 3.05) is 13.1 Å². The lowest BCUT2D eigenvalue weighted by Crippen LogP contribution is -2.41. The van der Waals surface area contributed by atoms with Crippen molar-refractivity contribution in [1.82, 2.24) is 25.0 Å². The molecule has 22 heavy (non-hydrogen) atoms. The van der Waals surface area contributed by atoms with Gasteiger partial charge >= 0.3 is 6.18 Å². The molecular weight excluding hydrogens is 299 g/mol. The van der Waals surface area contributed by atoms with Gasteiger partial charge in [-0.15, -0.1) is 10.2 Å². The number of nitrogens with one attached hydrogen (secondary N) is 1. The summed E-state index contributed by atoms with van der Waals surface area (Å²) in [7, 11) is 0. The minimum absolute atomic E-state index is 0.133. The van der Waals surface area contributed by atoms with Gasteiger partial charge in [-0.3, -0.25) is 10.1 Å². The van der Waals surface area contributed by atoms with Crippen LogP contribution in [0, 0.1) is 0 Å². The van der Waals surface area contributed by atoms with Gasteiger partial charge in [-0.25, -0.2) is 0 Å². The molecule has 1 atom stereocenters. The van der Waals surface area contributed by atoms with Crippen LogP contribution < -0.4 is 5.32 Å². The maximum absolute atomic E-state index is 12.4. The Bertz CT molecular complexity index is 556. The van der Waals surface area contributed by atoms with Gasteiger partial charge in [0, 0.05) is 19.5 Å². The number of hydrogen-bond donors (Lipinski definition) is 1. The van der Waals surface area contributed by atoms with E-state index in [0.717, 1.165) is 42.4 Å². The Morgan fingerprint density at radius 2 is 2.05 bits per heavy atom. The molecule has 1 amide bonds. The number of carbonyl (C=O) groups is 1. The first-order valence-corrected chi connectivity index (χ1v) is 7.44. The van der Waals surface area contributed by atoms with Crippen molar-refractivity contribution < 1.29 is 18.0 Å². The summed E-state index contributed by atoms with van der Waals surface area (Å²) in [5.74, 6) is 1.20. The highest BCUT2D eigenvalue weighted by Gasteiger charge is 2.39. The van der Waals surface area contributed by atoms with Crippen molar-refractivity contribution in [2.45, 2.75) is 51.0 Å². The zero-order chi connectivity index (χ0) is 15.7. The average Bonchev–Trinajstić information content (AvgIpc) is 3.01. The van der Waals surface area contributed by atoms with Gasteiger partial charge in [0.2, 0.25) is 5.91 Å².